The van der Waals surface area contributed by atoms with E-state index in [1.165, 1.54) is 16.8 Å². The number of aliphatic hydroxyl groups is 1. The number of amides is 2. The Morgan fingerprint density at radius 1 is 1.33 bits per heavy atom. The van der Waals surface area contributed by atoms with Gasteiger partial charge in [-0.15, -0.1) is 0 Å². The molecule has 0 bridgehead atoms. The van der Waals surface area contributed by atoms with Gasteiger partial charge in [-0.2, -0.15) is 4.98 Å². The summed E-state index contributed by atoms with van der Waals surface area (Å²) < 4.78 is 16.9. The van der Waals surface area contributed by atoms with Gasteiger partial charge in [-0.25, -0.2) is 9.59 Å². The van der Waals surface area contributed by atoms with Crippen molar-refractivity contribution < 1.29 is 28.9 Å². The average Bonchev–Trinajstić information content (AvgIpc) is 3.12. The topological polar surface area (TPSA) is 141 Å². The van der Waals surface area contributed by atoms with Gasteiger partial charge in [0.15, 0.2) is 12.5 Å². The SMILES string of the molecule is CC(C)(C)OC(=O)NCCCCCC(=O)Nc1ccn([C@@H]2CO[C@H](CO)O2)c(=O)n1. The van der Waals surface area contributed by atoms with Crippen molar-refractivity contribution in [2.45, 2.75) is 64.6 Å². The quantitative estimate of drug-likeness (QED) is 0.499. The van der Waals surface area contributed by atoms with E-state index >= 15 is 0 Å². The Kier molecular flexibility index (Phi) is 8.75. The highest BCUT2D eigenvalue weighted by molar-refractivity contribution is 5.89. The van der Waals surface area contributed by atoms with Gasteiger partial charge in [0.2, 0.25) is 5.91 Å². The molecule has 11 heteroatoms. The lowest BCUT2D eigenvalue weighted by atomic mass is 10.2. The van der Waals surface area contributed by atoms with E-state index in [4.69, 9.17) is 19.3 Å². The minimum absolute atomic E-state index is 0.126. The lowest BCUT2D eigenvalue weighted by Crippen LogP contribution is -2.33. The van der Waals surface area contributed by atoms with Gasteiger partial charge in [0.1, 0.15) is 11.4 Å². The number of carbonyl (C=O) groups excluding carboxylic acids is 2. The Morgan fingerprint density at radius 2 is 2.10 bits per heavy atom. The lowest BCUT2D eigenvalue weighted by Gasteiger charge is -2.19. The summed E-state index contributed by atoms with van der Waals surface area (Å²) in [5, 5.41) is 14.3. The summed E-state index contributed by atoms with van der Waals surface area (Å²) in [7, 11) is 0. The van der Waals surface area contributed by atoms with Gasteiger partial charge < -0.3 is 30.0 Å². The number of rotatable bonds is 9. The zero-order chi connectivity index (χ0) is 22.1. The number of unbranched alkanes of at least 4 members (excludes halogenated alkanes) is 2. The van der Waals surface area contributed by atoms with E-state index in [0.29, 0.717) is 13.0 Å². The molecule has 0 spiro atoms. The van der Waals surface area contributed by atoms with Crippen LogP contribution in [0.3, 0.4) is 0 Å². The second-order valence-corrected chi connectivity index (χ2v) is 7.83. The van der Waals surface area contributed by atoms with Crippen molar-refractivity contribution in [2.24, 2.45) is 0 Å². The van der Waals surface area contributed by atoms with Gasteiger partial charge in [-0.05, 0) is 39.7 Å². The number of aromatic nitrogens is 2. The van der Waals surface area contributed by atoms with Crippen molar-refractivity contribution in [1.82, 2.24) is 14.9 Å². The zero-order valence-electron chi connectivity index (χ0n) is 17.6. The highest BCUT2D eigenvalue weighted by Gasteiger charge is 2.27. The summed E-state index contributed by atoms with van der Waals surface area (Å²) in [6, 6.07) is 1.50. The molecule has 11 nitrogen and oxygen atoms in total. The van der Waals surface area contributed by atoms with Gasteiger partial charge in [0, 0.05) is 19.2 Å². The molecular formula is C19H30N4O7. The highest BCUT2D eigenvalue weighted by atomic mass is 16.7. The number of alkyl carbamates (subject to hydrolysis) is 1. The first-order chi connectivity index (χ1) is 14.2. The molecule has 2 atom stereocenters. The molecule has 1 aromatic heterocycles. The molecular weight excluding hydrogens is 396 g/mol. The number of ether oxygens (including phenoxy) is 3. The van der Waals surface area contributed by atoms with Gasteiger partial charge in [0.05, 0.1) is 13.2 Å². The number of carbonyl (C=O) groups is 2. The smallest absolute Gasteiger partial charge is 0.407 e. The lowest BCUT2D eigenvalue weighted by molar-refractivity contribution is -0.116. The Labute approximate surface area is 174 Å². The molecule has 3 N–H and O–H groups in total. The predicted molar refractivity (Wildman–Crippen MR) is 107 cm³/mol. The molecule has 1 aliphatic rings. The van der Waals surface area contributed by atoms with Gasteiger partial charge >= 0.3 is 11.8 Å². The third-order valence-electron chi connectivity index (χ3n) is 4.04. The fraction of sp³-hybridized carbons (Fsp3) is 0.684. The van der Waals surface area contributed by atoms with E-state index in [0.717, 1.165) is 12.8 Å². The second kappa shape index (κ2) is 11.0. The Morgan fingerprint density at radius 3 is 2.73 bits per heavy atom. The molecule has 0 saturated carbocycles. The summed E-state index contributed by atoms with van der Waals surface area (Å²) in [4.78, 5) is 39.5. The molecule has 0 unspecified atom stereocenters. The third kappa shape index (κ3) is 8.09. The molecule has 0 radical (unpaired) electrons. The van der Waals surface area contributed by atoms with Crippen LogP contribution in [0, 0.1) is 0 Å². The molecule has 0 aromatic carbocycles. The molecule has 0 aliphatic carbocycles. The van der Waals surface area contributed by atoms with Crippen molar-refractivity contribution in [1.29, 1.82) is 0 Å². The first-order valence-corrected chi connectivity index (χ1v) is 9.92. The Balaban J connectivity index is 1.66. The van der Waals surface area contributed by atoms with Gasteiger partial charge in [0.25, 0.3) is 0 Å². The number of hydrogen-bond donors (Lipinski definition) is 3. The molecule has 1 saturated heterocycles. The highest BCUT2D eigenvalue weighted by Crippen LogP contribution is 2.19. The third-order valence-corrected chi connectivity index (χ3v) is 4.04. The van der Waals surface area contributed by atoms with Crippen LogP contribution >= 0.6 is 0 Å². The van der Waals surface area contributed by atoms with Crippen LogP contribution in [-0.4, -0.2) is 58.3 Å². The summed E-state index contributed by atoms with van der Waals surface area (Å²) in [5.74, 6) is -0.0917. The van der Waals surface area contributed by atoms with E-state index in [9.17, 15) is 14.4 Å². The minimum Gasteiger partial charge on any atom is -0.444 e. The van der Waals surface area contributed by atoms with Crippen LogP contribution in [0.5, 0.6) is 0 Å². The molecule has 2 rings (SSSR count). The number of nitrogens with zero attached hydrogens (tertiary/aromatic N) is 2. The van der Waals surface area contributed by atoms with Crippen molar-refractivity contribution in [3.8, 4) is 0 Å². The summed E-state index contributed by atoms with van der Waals surface area (Å²) in [5.41, 5.74) is -1.12. The molecule has 1 fully saturated rings. The number of hydrogen-bond acceptors (Lipinski definition) is 8. The van der Waals surface area contributed by atoms with E-state index in [1.807, 2.05) is 0 Å². The standard InChI is InChI=1S/C19H30N4O7/c1-19(2,3)30-18(27)20-9-6-4-5-7-14(25)21-13-8-10-23(17(26)22-13)15-12-28-16(11-24)29-15/h8,10,15-16,24H,4-7,9,11-12H2,1-3H3,(H,20,27)(H,21,22,25,26)/t15-,16-/m0/s1. The van der Waals surface area contributed by atoms with Crippen molar-refractivity contribution in [2.75, 3.05) is 25.1 Å². The van der Waals surface area contributed by atoms with E-state index < -0.39 is 29.9 Å². The fourth-order valence-electron chi connectivity index (χ4n) is 2.68. The van der Waals surface area contributed by atoms with E-state index in [2.05, 4.69) is 15.6 Å². The molecule has 1 aromatic rings. The number of anilines is 1. The molecule has 2 amide bonds. The van der Waals surface area contributed by atoms with Crippen LogP contribution in [0.25, 0.3) is 0 Å². The number of nitrogens with one attached hydrogen (secondary N) is 2. The molecule has 30 heavy (non-hydrogen) atoms. The summed E-state index contributed by atoms with van der Waals surface area (Å²) in [6.45, 7) is 5.69. The van der Waals surface area contributed by atoms with Crippen molar-refractivity contribution >= 4 is 17.8 Å². The first-order valence-electron chi connectivity index (χ1n) is 9.92. The zero-order valence-corrected chi connectivity index (χ0v) is 17.6. The summed E-state index contributed by atoms with van der Waals surface area (Å²) in [6.07, 6.45) is 1.96. The van der Waals surface area contributed by atoms with Crippen molar-refractivity contribution in [3.63, 3.8) is 0 Å². The largest absolute Gasteiger partial charge is 0.444 e. The van der Waals surface area contributed by atoms with E-state index in [1.54, 1.807) is 20.8 Å². The molecule has 168 valence electrons. The maximum absolute atomic E-state index is 12.1. The van der Waals surface area contributed by atoms with Gasteiger partial charge in [-0.3, -0.25) is 9.36 Å². The fourth-order valence-corrected chi connectivity index (χ4v) is 2.68. The van der Waals surface area contributed by atoms with Gasteiger partial charge in [-0.1, -0.05) is 6.42 Å². The monoisotopic (exact) mass is 426 g/mol. The first kappa shape index (κ1) is 23.8. The number of aliphatic hydroxyl groups excluding tert-OH is 1. The van der Waals surface area contributed by atoms with Crippen molar-refractivity contribution in [3.05, 3.63) is 22.7 Å². The minimum atomic E-state index is -0.763. The predicted octanol–water partition coefficient (Wildman–Crippen LogP) is 1.13. The second-order valence-electron chi connectivity index (χ2n) is 7.83. The van der Waals surface area contributed by atoms with Crippen LogP contribution in [0.15, 0.2) is 17.1 Å². The van der Waals surface area contributed by atoms with E-state index in [-0.39, 0.29) is 31.4 Å². The van der Waals surface area contributed by atoms with Crippen LogP contribution in [0.4, 0.5) is 10.6 Å². The van der Waals surface area contributed by atoms with Crippen LogP contribution in [0.2, 0.25) is 0 Å². The molecule has 2 heterocycles. The Hall–Kier alpha value is -2.50. The molecule has 1 aliphatic heterocycles. The van der Waals surface area contributed by atoms with Crippen LogP contribution in [-0.2, 0) is 19.0 Å². The summed E-state index contributed by atoms with van der Waals surface area (Å²) >= 11 is 0. The van der Waals surface area contributed by atoms with Crippen LogP contribution < -0.4 is 16.3 Å². The maximum atomic E-state index is 12.1. The maximum Gasteiger partial charge on any atom is 0.407 e. The normalized spacial score (nSPS) is 18.8. The Bertz CT molecular complexity index is 775. The average molecular weight is 426 g/mol. The van der Waals surface area contributed by atoms with Crippen LogP contribution in [0.1, 0.15) is 52.7 Å².